The minimum absolute atomic E-state index is 0. The van der Waals surface area contributed by atoms with E-state index in [0.29, 0.717) is 0 Å². The summed E-state index contributed by atoms with van der Waals surface area (Å²) in [5.74, 6) is 0.284. The highest BCUT2D eigenvalue weighted by Crippen LogP contribution is 2.18. The standard InChI is InChI=1S/C14H13NO.ClH/c1-11-5-4-7-13(15-11)10-9-12-6-2-3-8-14(12)16;/h2-10,16H,1H3;1H/b10-9+;. The number of aryl methyl sites for hydroxylation is 1. The number of phenols is 1. The number of nitrogens with zero attached hydrogens (tertiary/aromatic N) is 1. The van der Waals surface area contributed by atoms with Gasteiger partial charge in [-0.2, -0.15) is 0 Å². The maximum Gasteiger partial charge on any atom is 0.122 e. The van der Waals surface area contributed by atoms with Gasteiger partial charge >= 0.3 is 0 Å². The highest BCUT2D eigenvalue weighted by molar-refractivity contribution is 5.85. The van der Waals surface area contributed by atoms with Gasteiger partial charge in [0, 0.05) is 11.3 Å². The van der Waals surface area contributed by atoms with E-state index in [-0.39, 0.29) is 18.2 Å². The van der Waals surface area contributed by atoms with E-state index in [2.05, 4.69) is 4.98 Å². The number of rotatable bonds is 2. The first-order chi connectivity index (χ1) is 7.75. The fourth-order valence-corrected chi connectivity index (χ4v) is 1.46. The summed E-state index contributed by atoms with van der Waals surface area (Å²) in [6.45, 7) is 1.96. The minimum Gasteiger partial charge on any atom is -0.507 e. The molecule has 0 radical (unpaired) electrons. The number of para-hydroxylation sites is 1. The van der Waals surface area contributed by atoms with Crippen LogP contribution in [-0.2, 0) is 0 Å². The molecular formula is C14H14ClNO. The molecule has 0 fully saturated rings. The van der Waals surface area contributed by atoms with Gasteiger partial charge in [0.25, 0.3) is 0 Å². The van der Waals surface area contributed by atoms with E-state index in [4.69, 9.17) is 0 Å². The van der Waals surface area contributed by atoms with Crippen molar-refractivity contribution in [1.82, 2.24) is 4.98 Å². The molecule has 0 saturated carbocycles. The molecule has 0 aliphatic heterocycles. The molecule has 2 aromatic rings. The molecular weight excluding hydrogens is 234 g/mol. The molecule has 1 heterocycles. The maximum atomic E-state index is 9.57. The van der Waals surface area contributed by atoms with E-state index in [9.17, 15) is 5.11 Å². The van der Waals surface area contributed by atoms with E-state index in [1.165, 1.54) is 0 Å². The Hall–Kier alpha value is -1.80. The van der Waals surface area contributed by atoms with Crippen molar-refractivity contribution < 1.29 is 5.11 Å². The van der Waals surface area contributed by atoms with Crippen molar-refractivity contribution in [2.45, 2.75) is 6.92 Å². The number of aromatic hydroxyl groups is 1. The molecule has 2 nitrogen and oxygen atoms in total. The molecule has 0 aliphatic rings. The monoisotopic (exact) mass is 247 g/mol. The second-order valence-corrected chi connectivity index (χ2v) is 3.60. The molecule has 2 rings (SSSR count). The van der Waals surface area contributed by atoms with Crippen molar-refractivity contribution in [3.8, 4) is 5.75 Å². The topological polar surface area (TPSA) is 33.1 Å². The fourth-order valence-electron chi connectivity index (χ4n) is 1.46. The Kier molecular flexibility index (Phi) is 4.73. The van der Waals surface area contributed by atoms with Crippen LogP contribution in [0.1, 0.15) is 17.0 Å². The Morgan fingerprint density at radius 1 is 1.00 bits per heavy atom. The summed E-state index contributed by atoms with van der Waals surface area (Å²) < 4.78 is 0. The molecule has 0 unspecified atom stereocenters. The first-order valence-corrected chi connectivity index (χ1v) is 5.15. The second-order valence-electron chi connectivity index (χ2n) is 3.60. The number of pyridine rings is 1. The molecule has 17 heavy (non-hydrogen) atoms. The summed E-state index contributed by atoms with van der Waals surface area (Å²) in [5.41, 5.74) is 2.67. The van der Waals surface area contributed by atoms with Gasteiger partial charge in [-0.15, -0.1) is 12.4 Å². The zero-order chi connectivity index (χ0) is 11.4. The molecule has 1 N–H and O–H groups in total. The van der Waals surface area contributed by atoms with Crippen LogP contribution in [-0.4, -0.2) is 10.1 Å². The molecule has 0 bridgehead atoms. The Balaban J connectivity index is 0.00000144. The summed E-state index contributed by atoms with van der Waals surface area (Å²) in [6, 6.07) is 13.1. The van der Waals surface area contributed by atoms with E-state index >= 15 is 0 Å². The van der Waals surface area contributed by atoms with E-state index in [1.54, 1.807) is 12.1 Å². The normalized spacial score (nSPS) is 10.2. The van der Waals surface area contributed by atoms with Crippen LogP contribution in [0.4, 0.5) is 0 Å². The fraction of sp³-hybridized carbons (Fsp3) is 0.0714. The van der Waals surface area contributed by atoms with E-state index < -0.39 is 0 Å². The van der Waals surface area contributed by atoms with Crippen molar-refractivity contribution in [3.63, 3.8) is 0 Å². The van der Waals surface area contributed by atoms with Crippen LogP contribution in [0.3, 0.4) is 0 Å². The first-order valence-electron chi connectivity index (χ1n) is 5.15. The summed E-state index contributed by atoms with van der Waals surface area (Å²) in [5, 5.41) is 9.57. The van der Waals surface area contributed by atoms with Crippen molar-refractivity contribution in [2.75, 3.05) is 0 Å². The van der Waals surface area contributed by atoms with Gasteiger partial charge in [0.1, 0.15) is 5.75 Å². The van der Waals surface area contributed by atoms with Gasteiger partial charge in [-0.3, -0.25) is 4.98 Å². The average molecular weight is 248 g/mol. The maximum absolute atomic E-state index is 9.57. The zero-order valence-electron chi connectivity index (χ0n) is 9.50. The predicted octanol–water partition coefficient (Wildman–Crippen LogP) is 3.69. The minimum atomic E-state index is 0. The molecule has 0 amide bonds. The zero-order valence-corrected chi connectivity index (χ0v) is 10.3. The number of halogens is 1. The van der Waals surface area contributed by atoms with Gasteiger partial charge in [-0.05, 0) is 37.3 Å². The van der Waals surface area contributed by atoms with Crippen LogP contribution in [0.15, 0.2) is 42.5 Å². The van der Waals surface area contributed by atoms with Gasteiger partial charge in [0.05, 0.1) is 5.69 Å². The van der Waals surface area contributed by atoms with Gasteiger partial charge in [-0.25, -0.2) is 0 Å². The highest BCUT2D eigenvalue weighted by Gasteiger charge is 1.94. The van der Waals surface area contributed by atoms with Crippen LogP contribution in [0, 0.1) is 6.92 Å². The lowest BCUT2D eigenvalue weighted by Crippen LogP contribution is -1.83. The average Bonchev–Trinajstić information content (AvgIpc) is 2.28. The summed E-state index contributed by atoms with van der Waals surface area (Å²) in [4.78, 5) is 4.35. The van der Waals surface area contributed by atoms with Crippen LogP contribution >= 0.6 is 12.4 Å². The predicted molar refractivity (Wildman–Crippen MR) is 73.3 cm³/mol. The third-order valence-electron chi connectivity index (χ3n) is 2.28. The Labute approximate surface area is 107 Å². The molecule has 88 valence electrons. The lowest BCUT2D eigenvalue weighted by atomic mass is 10.1. The SMILES string of the molecule is Cc1cccc(/C=C/c2ccccc2O)n1.Cl. The molecule has 0 saturated heterocycles. The second kappa shape index (κ2) is 6.06. The Morgan fingerprint density at radius 3 is 2.47 bits per heavy atom. The molecule has 3 heteroatoms. The quantitative estimate of drug-likeness (QED) is 0.878. The van der Waals surface area contributed by atoms with Crippen LogP contribution in [0.25, 0.3) is 12.2 Å². The summed E-state index contributed by atoms with van der Waals surface area (Å²) in [6.07, 6.45) is 3.75. The number of aromatic nitrogens is 1. The van der Waals surface area contributed by atoms with E-state index in [0.717, 1.165) is 17.0 Å². The van der Waals surface area contributed by atoms with Crippen molar-refractivity contribution in [1.29, 1.82) is 0 Å². The number of phenolic OH excluding ortho intramolecular Hbond substituents is 1. The smallest absolute Gasteiger partial charge is 0.122 e. The van der Waals surface area contributed by atoms with Crippen molar-refractivity contribution in [3.05, 3.63) is 59.4 Å². The molecule has 1 aromatic heterocycles. The summed E-state index contributed by atoms with van der Waals surface area (Å²) >= 11 is 0. The van der Waals surface area contributed by atoms with Crippen LogP contribution in [0.2, 0.25) is 0 Å². The highest BCUT2D eigenvalue weighted by atomic mass is 35.5. The Bertz CT molecular complexity index is 523. The van der Waals surface area contributed by atoms with Crippen LogP contribution < -0.4 is 0 Å². The molecule has 1 aromatic carbocycles. The van der Waals surface area contributed by atoms with Gasteiger partial charge in [0.15, 0.2) is 0 Å². The van der Waals surface area contributed by atoms with Crippen molar-refractivity contribution in [2.24, 2.45) is 0 Å². The number of hydrogen-bond donors (Lipinski definition) is 1. The number of hydrogen-bond acceptors (Lipinski definition) is 2. The first kappa shape index (κ1) is 13.3. The third-order valence-corrected chi connectivity index (χ3v) is 2.28. The largest absolute Gasteiger partial charge is 0.507 e. The molecule has 0 aliphatic carbocycles. The van der Waals surface area contributed by atoms with Crippen molar-refractivity contribution >= 4 is 24.6 Å². The lowest BCUT2D eigenvalue weighted by Gasteiger charge is -1.98. The summed E-state index contributed by atoms with van der Waals surface area (Å²) in [7, 11) is 0. The molecule has 0 spiro atoms. The third kappa shape index (κ3) is 3.61. The van der Waals surface area contributed by atoms with Gasteiger partial charge in [-0.1, -0.05) is 24.3 Å². The molecule has 0 atom stereocenters. The lowest BCUT2D eigenvalue weighted by molar-refractivity contribution is 0.474. The number of benzene rings is 1. The van der Waals surface area contributed by atoms with Crippen LogP contribution in [0.5, 0.6) is 5.75 Å². The van der Waals surface area contributed by atoms with Gasteiger partial charge < -0.3 is 5.11 Å². The van der Waals surface area contributed by atoms with Gasteiger partial charge in [0.2, 0.25) is 0 Å². The van der Waals surface area contributed by atoms with E-state index in [1.807, 2.05) is 49.4 Å². The Morgan fingerprint density at radius 2 is 1.76 bits per heavy atom.